The predicted octanol–water partition coefficient (Wildman–Crippen LogP) is 6.42. The summed E-state index contributed by atoms with van der Waals surface area (Å²) in [5.74, 6) is -0.539. The highest BCUT2D eigenvalue weighted by Crippen LogP contribution is 2.43. The number of allylic oxidation sites excluding steroid dienone is 1. The van der Waals surface area contributed by atoms with Gasteiger partial charge >= 0.3 is 0 Å². The topological polar surface area (TPSA) is 115 Å². The maximum atomic E-state index is 13.4. The Morgan fingerprint density at radius 3 is 2.33 bits per heavy atom. The number of carbonyl (C=O) groups excluding carboxylic acids is 1. The molecule has 180 valence electrons. The predicted molar refractivity (Wildman–Crippen MR) is 138 cm³/mol. The van der Waals surface area contributed by atoms with E-state index < -0.39 is 33.2 Å². The number of fused-ring (bicyclic) bond motifs is 5. The van der Waals surface area contributed by atoms with Crippen molar-refractivity contribution in [3.63, 3.8) is 0 Å². The Bertz CT molecular complexity index is 1530. The van der Waals surface area contributed by atoms with Gasteiger partial charge in [-0.1, -0.05) is 54.6 Å². The van der Waals surface area contributed by atoms with Crippen LogP contribution < -0.4 is 5.32 Å². The molecule has 0 bridgehead atoms. The molecular weight excluding hydrogens is 458 g/mol. The van der Waals surface area contributed by atoms with Gasteiger partial charge in [0.25, 0.3) is 17.3 Å². The maximum absolute atomic E-state index is 13.4. The summed E-state index contributed by atoms with van der Waals surface area (Å²) in [5, 5.41) is 30.1. The molecule has 1 aliphatic carbocycles. The van der Waals surface area contributed by atoms with E-state index in [1.54, 1.807) is 0 Å². The van der Waals surface area contributed by atoms with E-state index in [0.717, 1.165) is 63.7 Å². The number of amides is 1. The minimum Gasteiger partial charge on any atom is -0.345 e. The molecule has 0 spiro atoms. The quantitative estimate of drug-likeness (QED) is 0.148. The van der Waals surface area contributed by atoms with Crippen LogP contribution in [0.5, 0.6) is 0 Å². The second-order valence-corrected chi connectivity index (χ2v) is 9.05. The summed E-state index contributed by atoms with van der Waals surface area (Å²) in [7, 11) is 0. The van der Waals surface area contributed by atoms with Gasteiger partial charge in [0.15, 0.2) is 0 Å². The molecule has 0 aliphatic heterocycles. The van der Waals surface area contributed by atoms with Crippen LogP contribution in [0.4, 0.5) is 11.4 Å². The third-order valence-corrected chi connectivity index (χ3v) is 6.95. The molecule has 1 amide bonds. The fourth-order valence-electron chi connectivity index (χ4n) is 5.30. The zero-order valence-electron chi connectivity index (χ0n) is 19.3. The third-order valence-electron chi connectivity index (χ3n) is 6.95. The number of hydrogen-bond acceptors (Lipinski definition) is 5. The lowest BCUT2D eigenvalue weighted by molar-refractivity contribution is -0.394. The maximum Gasteiger partial charge on any atom is 0.277 e. The first-order valence-corrected chi connectivity index (χ1v) is 11.7. The van der Waals surface area contributed by atoms with Gasteiger partial charge in [0.1, 0.15) is 0 Å². The lowest BCUT2D eigenvalue weighted by Gasteiger charge is -2.35. The monoisotopic (exact) mass is 481 g/mol. The SMILES string of the molecule is C=CCC1CCc2ccc3ccc4ccccc4c3c2C1NC(=O)c1cc([N+](=O)[O-])cc([N+](=O)[O-])c1. The number of nitro groups is 2. The van der Waals surface area contributed by atoms with Crippen LogP contribution in [0, 0.1) is 26.1 Å². The van der Waals surface area contributed by atoms with Crippen molar-refractivity contribution in [2.45, 2.75) is 25.3 Å². The summed E-state index contributed by atoms with van der Waals surface area (Å²) in [5.41, 5.74) is 1.03. The molecule has 8 nitrogen and oxygen atoms in total. The molecular formula is C28H23N3O5. The first kappa shape index (κ1) is 23.2. The van der Waals surface area contributed by atoms with Crippen LogP contribution in [0.25, 0.3) is 21.5 Å². The molecule has 0 heterocycles. The van der Waals surface area contributed by atoms with E-state index >= 15 is 0 Å². The van der Waals surface area contributed by atoms with Gasteiger partial charge in [-0.05, 0) is 57.9 Å². The van der Waals surface area contributed by atoms with E-state index in [0.29, 0.717) is 6.42 Å². The largest absolute Gasteiger partial charge is 0.345 e. The van der Waals surface area contributed by atoms with Crippen LogP contribution in [0.1, 0.15) is 40.4 Å². The Labute approximate surface area is 206 Å². The highest BCUT2D eigenvalue weighted by molar-refractivity contribution is 6.10. The normalized spacial score (nSPS) is 16.9. The first-order chi connectivity index (χ1) is 17.4. The molecule has 0 fully saturated rings. The van der Waals surface area contributed by atoms with Crippen molar-refractivity contribution in [1.29, 1.82) is 0 Å². The molecule has 1 aliphatic rings. The van der Waals surface area contributed by atoms with Crippen LogP contribution in [0.15, 0.2) is 79.4 Å². The molecule has 2 atom stereocenters. The summed E-state index contributed by atoms with van der Waals surface area (Å²) < 4.78 is 0. The van der Waals surface area contributed by atoms with E-state index in [2.05, 4.69) is 42.2 Å². The number of rotatable bonds is 6. The summed E-state index contributed by atoms with van der Waals surface area (Å²) in [4.78, 5) is 34.7. The fourth-order valence-corrected chi connectivity index (χ4v) is 5.30. The molecule has 36 heavy (non-hydrogen) atoms. The molecule has 0 saturated heterocycles. The average molecular weight is 482 g/mol. The molecule has 8 heteroatoms. The Morgan fingerprint density at radius 2 is 1.64 bits per heavy atom. The molecule has 0 aromatic heterocycles. The van der Waals surface area contributed by atoms with Crippen molar-refractivity contribution in [3.05, 3.63) is 116 Å². The lowest BCUT2D eigenvalue weighted by atomic mass is 9.75. The summed E-state index contributed by atoms with van der Waals surface area (Å²) in [6.07, 6.45) is 4.17. The number of hydrogen-bond donors (Lipinski definition) is 1. The van der Waals surface area contributed by atoms with E-state index in [1.165, 1.54) is 0 Å². The Kier molecular flexibility index (Phi) is 5.93. The molecule has 0 saturated carbocycles. The number of nitrogens with one attached hydrogen (secondary N) is 1. The van der Waals surface area contributed by atoms with Crippen LogP contribution in [-0.4, -0.2) is 15.8 Å². The first-order valence-electron chi connectivity index (χ1n) is 11.7. The minimum absolute atomic E-state index is 0.0530. The van der Waals surface area contributed by atoms with Crippen LogP contribution in [0.2, 0.25) is 0 Å². The van der Waals surface area contributed by atoms with Crippen molar-refractivity contribution in [2.75, 3.05) is 0 Å². The Balaban J connectivity index is 1.66. The highest BCUT2D eigenvalue weighted by atomic mass is 16.6. The van der Waals surface area contributed by atoms with Gasteiger partial charge in [0, 0.05) is 12.1 Å². The van der Waals surface area contributed by atoms with Gasteiger partial charge in [0.2, 0.25) is 0 Å². The second kappa shape index (κ2) is 9.22. The molecule has 4 aromatic rings. The van der Waals surface area contributed by atoms with Crippen molar-refractivity contribution >= 4 is 38.8 Å². The molecule has 1 N–H and O–H groups in total. The van der Waals surface area contributed by atoms with Gasteiger partial charge in [-0.3, -0.25) is 25.0 Å². The number of benzene rings is 4. The zero-order valence-corrected chi connectivity index (χ0v) is 19.3. The minimum atomic E-state index is -0.736. The van der Waals surface area contributed by atoms with Crippen molar-refractivity contribution < 1.29 is 14.6 Å². The summed E-state index contributed by atoms with van der Waals surface area (Å²) >= 11 is 0. The summed E-state index contributed by atoms with van der Waals surface area (Å²) in [6, 6.07) is 19.0. The van der Waals surface area contributed by atoms with Crippen LogP contribution in [0.3, 0.4) is 0 Å². The third kappa shape index (κ3) is 4.07. The van der Waals surface area contributed by atoms with Crippen LogP contribution in [-0.2, 0) is 6.42 Å². The fraction of sp³-hybridized carbons (Fsp3) is 0.179. The molecule has 2 unspecified atom stereocenters. The van der Waals surface area contributed by atoms with E-state index in [-0.39, 0.29) is 11.5 Å². The molecule has 0 radical (unpaired) electrons. The van der Waals surface area contributed by atoms with Gasteiger partial charge in [-0.2, -0.15) is 0 Å². The van der Waals surface area contributed by atoms with Gasteiger partial charge in [0.05, 0.1) is 27.5 Å². The van der Waals surface area contributed by atoms with Gasteiger partial charge in [-0.25, -0.2) is 0 Å². The number of aryl methyl sites for hydroxylation is 1. The van der Waals surface area contributed by atoms with Crippen molar-refractivity contribution in [3.8, 4) is 0 Å². The van der Waals surface area contributed by atoms with Gasteiger partial charge in [-0.15, -0.1) is 6.58 Å². The van der Waals surface area contributed by atoms with Gasteiger partial charge < -0.3 is 5.32 Å². The Hall–Kier alpha value is -4.59. The summed E-state index contributed by atoms with van der Waals surface area (Å²) in [6.45, 7) is 3.89. The van der Waals surface area contributed by atoms with E-state index in [4.69, 9.17) is 0 Å². The Morgan fingerprint density at radius 1 is 0.972 bits per heavy atom. The smallest absolute Gasteiger partial charge is 0.277 e. The van der Waals surface area contributed by atoms with Crippen molar-refractivity contribution in [2.24, 2.45) is 5.92 Å². The van der Waals surface area contributed by atoms with E-state index in [9.17, 15) is 25.0 Å². The molecule has 5 rings (SSSR count). The number of nitro benzene ring substituents is 2. The van der Waals surface area contributed by atoms with Crippen LogP contribution >= 0.6 is 0 Å². The van der Waals surface area contributed by atoms with Crippen molar-refractivity contribution in [1.82, 2.24) is 5.32 Å². The second-order valence-electron chi connectivity index (χ2n) is 9.05. The molecule has 4 aromatic carbocycles. The van der Waals surface area contributed by atoms with E-state index in [1.807, 2.05) is 24.3 Å². The number of carbonyl (C=O) groups is 1. The standard InChI is InChI=1S/C28H23N3O5/c1-2-5-20-13-12-19-11-10-18-9-8-17-6-3-4-7-24(17)25(18)26(19)27(20)29-28(32)21-14-22(30(33)34)16-23(15-21)31(35)36/h2-4,6-11,14-16,20,27H,1,5,12-13H2,(H,29,32). The number of nitrogens with zero attached hydrogens (tertiary/aromatic N) is 2. The number of non-ortho nitro benzene ring substituents is 2. The zero-order chi connectivity index (χ0) is 25.4. The highest BCUT2D eigenvalue weighted by Gasteiger charge is 2.33. The lowest BCUT2D eigenvalue weighted by Crippen LogP contribution is -2.36. The average Bonchev–Trinajstić information content (AvgIpc) is 2.89.